The zero-order valence-electron chi connectivity index (χ0n) is 21.9. The Morgan fingerprint density at radius 1 is 0.971 bits per heavy atom. The van der Waals surface area contributed by atoms with Crippen molar-refractivity contribution in [3.63, 3.8) is 0 Å². The fraction of sp³-hybridized carbons (Fsp3) is 0.800. The second-order valence-corrected chi connectivity index (χ2v) is 13.8. The quantitative estimate of drug-likeness (QED) is 0.442. The topological polar surface area (TPSA) is 52.6 Å². The highest BCUT2D eigenvalue weighted by Crippen LogP contribution is 2.87. The van der Waals surface area contributed by atoms with Crippen molar-refractivity contribution < 1.29 is 19.1 Å². The Bertz CT molecular complexity index is 1010. The Balaban J connectivity index is 1.32. The van der Waals surface area contributed by atoms with Gasteiger partial charge in [0.1, 0.15) is 11.7 Å². The second kappa shape index (κ2) is 6.79. The Labute approximate surface area is 204 Å². The van der Waals surface area contributed by atoms with Crippen LogP contribution in [-0.4, -0.2) is 23.6 Å². The number of cyclic esters (lactones) is 2. The van der Waals surface area contributed by atoms with Crippen molar-refractivity contribution in [2.45, 2.75) is 105 Å². The first-order valence-corrected chi connectivity index (χ1v) is 13.7. The lowest BCUT2D eigenvalue weighted by Crippen LogP contribution is -2.56. The molecule has 186 valence electrons. The van der Waals surface area contributed by atoms with Gasteiger partial charge in [0, 0.05) is 29.4 Å². The highest BCUT2D eigenvalue weighted by atomic mass is 16.6. The van der Waals surface area contributed by atoms with E-state index in [2.05, 4.69) is 46.8 Å². The van der Waals surface area contributed by atoms with Crippen molar-refractivity contribution in [1.29, 1.82) is 0 Å². The van der Waals surface area contributed by atoms with Crippen LogP contribution in [-0.2, 0) is 19.1 Å². The van der Waals surface area contributed by atoms with Crippen LogP contribution in [0.4, 0.5) is 0 Å². The predicted molar refractivity (Wildman–Crippen MR) is 131 cm³/mol. The monoisotopic (exact) mass is 466 g/mol. The minimum Gasteiger partial charge on any atom is -0.458 e. The van der Waals surface area contributed by atoms with Crippen LogP contribution >= 0.6 is 0 Å². The molecule has 0 bridgehead atoms. The smallest absolute Gasteiger partial charge is 0.333 e. The van der Waals surface area contributed by atoms with Crippen molar-refractivity contribution in [2.24, 2.45) is 45.3 Å². The maximum Gasteiger partial charge on any atom is 0.333 e. The molecule has 4 nitrogen and oxygen atoms in total. The number of rotatable bonds is 2. The lowest BCUT2D eigenvalue weighted by Gasteiger charge is -2.61. The molecule has 2 heterocycles. The standard InChI is InChI=1S/C30H42O4/c1-18-7-8-21(33-25(18)32)19(2)20-11-13-28(6)23-10-9-22-26(3,4)34-24(31)12-14-29(22)17-30(23,29)16-15-27(20,28)5/h7,12,14,19-23H,8-11,13,15-17H2,1-6H3/t19-,20+,21-,22-,23-,27+,28-,29+,30-/m0/s1. The van der Waals surface area contributed by atoms with E-state index in [-0.39, 0.29) is 34.3 Å². The highest BCUT2D eigenvalue weighted by Gasteiger charge is 2.81. The van der Waals surface area contributed by atoms with E-state index in [0.717, 1.165) is 18.4 Å². The van der Waals surface area contributed by atoms with E-state index in [0.29, 0.717) is 29.1 Å². The molecule has 2 aliphatic heterocycles. The SMILES string of the molecule is CC1=CC[C@@H]([C@@H](C)[C@H]2CC[C@@]3(C)[C@@H]4CC[C@H]5C(C)(C)OC(=O)C=C[C@@]56C[C@@]46CC[C@]23C)OC1=O. The molecule has 4 saturated carbocycles. The average Bonchev–Trinajstić information content (AvgIpc) is 3.39. The largest absolute Gasteiger partial charge is 0.458 e. The van der Waals surface area contributed by atoms with Crippen LogP contribution in [0, 0.1) is 45.3 Å². The van der Waals surface area contributed by atoms with Crippen LogP contribution in [0.1, 0.15) is 92.9 Å². The summed E-state index contributed by atoms with van der Waals surface area (Å²) in [6.45, 7) is 13.7. The van der Waals surface area contributed by atoms with Gasteiger partial charge in [-0.2, -0.15) is 0 Å². The minimum absolute atomic E-state index is 0.00742. The summed E-state index contributed by atoms with van der Waals surface area (Å²) in [7, 11) is 0. The van der Waals surface area contributed by atoms with Gasteiger partial charge in [-0.25, -0.2) is 9.59 Å². The zero-order valence-corrected chi connectivity index (χ0v) is 21.9. The highest BCUT2D eigenvalue weighted by molar-refractivity contribution is 5.88. The van der Waals surface area contributed by atoms with Crippen molar-refractivity contribution in [2.75, 3.05) is 0 Å². The van der Waals surface area contributed by atoms with Gasteiger partial charge in [0.15, 0.2) is 0 Å². The van der Waals surface area contributed by atoms with Gasteiger partial charge in [-0.15, -0.1) is 0 Å². The average molecular weight is 467 g/mol. The molecule has 0 N–H and O–H groups in total. The van der Waals surface area contributed by atoms with Gasteiger partial charge in [-0.1, -0.05) is 32.9 Å². The third-order valence-electron chi connectivity index (χ3n) is 12.6. The van der Waals surface area contributed by atoms with E-state index in [1.165, 1.54) is 38.5 Å². The molecule has 4 fully saturated rings. The van der Waals surface area contributed by atoms with Gasteiger partial charge in [0.2, 0.25) is 0 Å². The first-order valence-electron chi connectivity index (χ1n) is 13.7. The van der Waals surface area contributed by atoms with E-state index in [9.17, 15) is 9.59 Å². The first kappa shape index (κ1) is 22.9. The van der Waals surface area contributed by atoms with E-state index >= 15 is 0 Å². The van der Waals surface area contributed by atoms with Crippen molar-refractivity contribution in [3.8, 4) is 0 Å². The Hall–Kier alpha value is -1.58. The summed E-state index contributed by atoms with van der Waals surface area (Å²) >= 11 is 0. The number of esters is 2. The fourth-order valence-electron chi connectivity index (χ4n) is 10.7. The number of fused-ring (bicyclic) bond motifs is 2. The summed E-state index contributed by atoms with van der Waals surface area (Å²) in [6, 6.07) is 0. The van der Waals surface area contributed by atoms with E-state index in [4.69, 9.17) is 9.47 Å². The number of carbonyl (C=O) groups is 2. The zero-order chi connectivity index (χ0) is 24.3. The van der Waals surface area contributed by atoms with Gasteiger partial charge >= 0.3 is 11.9 Å². The lowest BCUT2D eigenvalue weighted by molar-refractivity contribution is -0.168. The molecule has 4 aliphatic carbocycles. The van der Waals surface area contributed by atoms with Gasteiger partial charge in [-0.3, -0.25) is 0 Å². The molecular formula is C30H42O4. The molecule has 9 atom stereocenters. The molecule has 0 saturated heterocycles. The van der Waals surface area contributed by atoms with Crippen LogP contribution in [0.3, 0.4) is 0 Å². The summed E-state index contributed by atoms with van der Waals surface area (Å²) in [5, 5.41) is 0. The molecule has 0 unspecified atom stereocenters. The van der Waals surface area contributed by atoms with Crippen molar-refractivity contribution in [1.82, 2.24) is 0 Å². The summed E-state index contributed by atoms with van der Waals surface area (Å²) in [5.74, 6) is 1.77. The van der Waals surface area contributed by atoms with E-state index in [1.807, 2.05) is 6.92 Å². The van der Waals surface area contributed by atoms with Crippen LogP contribution in [0.2, 0.25) is 0 Å². The normalized spacial score (nSPS) is 51.5. The Morgan fingerprint density at radius 2 is 1.71 bits per heavy atom. The van der Waals surface area contributed by atoms with Gasteiger partial charge in [-0.05, 0) is 99.7 Å². The third-order valence-corrected chi connectivity index (χ3v) is 12.6. The second-order valence-electron chi connectivity index (χ2n) is 13.8. The molecule has 0 amide bonds. The lowest BCUT2D eigenvalue weighted by atomic mass is 9.43. The summed E-state index contributed by atoms with van der Waals surface area (Å²) in [4.78, 5) is 24.7. The maximum atomic E-state index is 12.4. The van der Waals surface area contributed by atoms with Crippen LogP contribution in [0.25, 0.3) is 0 Å². The fourth-order valence-corrected chi connectivity index (χ4v) is 10.7. The van der Waals surface area contributed by atoms with Crippen LogP contribution in [0.15, 0.2) is 23.8 Å². The molecule has 0 aromatic rings. The van der Waals surface area contributed by atoms with E-state index in [1.54, 1.807) is 6.08 Å². The number of hydrogen-bond donors (Lipinski definition) is 0. The molecule has 0 aromatic carbocycles. The number of hydrogen-bond acceptors (Lipinski definition) is 4. The number of carbonyl (C=O) groups excluding carboxylic acids is 2. The number of ether oxygens (including phenoxy) is 2. The molecule has 6 aliphatic rings. The Morgan fingerprint density at radius 3 is 2.44 bits per heavy atom. The molecule has 34 heavy (non-hydrogen) atoms. The third kappa shape index (κ3) is 2.61. The van der Waals surface area contributed by atoms with Gasteiger partial charge in [0.05, 0.1) is 0 Å². The van der Waals surface area contributed by atoms with Gasteiger partial charge in [0.25, 0.3) is 0 Å². The van der Waals surface area contributed by atoms with Crippen molar-refractivity contribution in [3.05, 3.63) is 23.8 Å². The molecular weight excluding hydrogens is 424 g/mol. The summed E-state index contributed by atoms with van der Waals surface area (Å²) in [5.41, 5.74) is 1.35. The molecule has 2 spiro atoms. The number of allylic oxidation sites excluding steroid dienone is 1. The molecule has 0 radical (unpaired) electrons. The van der Waals surface area contributed by atoms with Crippen LogP contribution in [0.5, 0.6) is 0 Å². The van der Waals surface area contributed by atoms with E-state index < -0.39 is 5.60 Å². The van der Waals surface area contributed by atoms with Crippen LogP contribution < -0.4 is 0 Å². The molecule has 6 rings (SSSR count). The molecule has 4 heteroatoms. The Kier molecular flexibility index (Phi) is 4.57. The van der Waals surface area contributed by atoms with Crippen molar-refractivity contribution >= 4 is 11.9 Å². The van der Waals surface area contributed by atoms with Gasteiger partial charge < -0.3 is 9.47 Å². The minimum atomic E-state index is -0.403. The first-order chi connectivity index (χ1) is 15.9. The summed E-state index contributed by atoms with van der Waals surface area (Å²) < 4.78 is 11.8. The molecule has 0 aromatic heterocycles. The maximum absolute atomic E-state index is 12.4. The predicted octanol–water partition coefficient (Wildman–Crippen LogP) is 6.40. The summed E-state index contributed by atoms with van der Waals surface area (Å²) in [6.07, 6.45) is 15.6.